The Balaban J connectivity index is 3.27. The Bertz CT molecular complexity index is 1130. The number of carboxylic acid groups (broad SMARTS) is 1. The number of amides is 5. The summed E-state index contributed by atoms with van der Waals surface area (Å²) in [5, 5.41) is 19.8. The summed E-state index contributed by atoms with van der Waals surface area (Å²) in [5.74, 6) is -4.92. The molecule has 1 aromatic carbocycles. The molecule has 0 unspecified atom stereocenters. The number of carboxylic acids is 1. The fourth-order valence-electron chi connectivity index (χ4n) is 4.64. The van der Waals surface area contributed by atoms with Crippen molar-refractivity contribution in [3.8, 4) is 0 Å². The fourth-order valence-corrected chi connectivity index (χ4v) is 4.64. The van der Waals surface area contributed by atoms with E-state index in [1.54, 1.807) is 30.3 Å². The Morgan fingerprint density at radius 2 is 1.22 bits per heavy atom. The first kappa shape index (κ1) is 39.0. The Labute approximate surface area is 265 Å². The van der Waals surface area contributed by atoms with E-state index >= 15 is 0 Å². The van der Waals surface area contributed by atoms with E-state index in [0.717, 1.165) is 5.56 Å². The van der Waals surface area contributed by atoms with Gasteiger partial charge in [-0.05, 0) is 56.0 Å². The molecule has 0 bridgehead atoms. The number of benzene rings is 1. The number of carbonyl (C=O) groups excluding carboxylic acids is 5. The summed E-state index contributed by atoms with van der Waals surface area (Å²) in [6, 6.07) is 3.16. The summed E-state index contributed by atoms with van der Waals surface area (Å²) in [6.45, 7) is 7.88. The molecule has 0 radical (unpaired) electrons. The van der Waals surface area contributed by atoms with E-state index in [2.05, 4.69) is 21.3 Å². The maximum absolute atomic E-state index is 13.7. The highest BCUT2D eigenvalue weighted by atomic mass is 16.4. The lowest BCUT2D eigenvalue weighted by Gasteiger charge is -2.27. The Morgan fingerprint density at radius 3 is 1.76 bits per heavy atom. The van der Waals surface area contributed by atoms with Gasteiger partial charge in [0.25, 0.3) is 0 Å². The first-order chi connectivity index (χ1) is 21.1. The van der Waals surface area contributed by atoms with Crippen molar-refractivity contribution in [2.45, 2.75) is 103 Å². The third kappa shape index (κ3) is 15.5. The zero-order chi connectivity index (χ0) is 34.1. The molecule has 252 valence electrons. The van der Waals surface area contributed by atoms with Gasteiger partial charge in [0.2, 0.25) is 29.5 Å². The second-order valence-corrected chi connectivity index (χ2v) is 12.1. The average molecular weight is 634 g/mol. The summed E-state index contributed by atoms with van der Waals surface area (Å²) >= 11 is 0. The van der Waals surface area contributed by atoms with Gasteiger partial charge >= 0.3 is 5.97 Å². The lowest BCUT2D eigenvalue weighted by atomic mass is 10.00. The molecule has 0 saturated heterocycles. The number of aliphatic carboxylic acids is 1. The molecule has 1 aromatic rings. The zero-order valence-electron chi connectivity index (χ0n) is 26.7. The number of primary amides is 1. The van der Waals surface area contributed by atoms with Crippen LogP contribution in [-0.4, -0.2) is 77.4 Å². The smallest absolute Gasteiger partial charge is 0.326 e. The molecular formula is C31H51N7O7. The molecule has 0 heterocycles. The van der Waals surface area contributed by atoms with Gasteiger partial charge in [-0.3, -0.25) is 24.0 Å². The van der Waals surface area contributed by atoms with Crippen molar-refractivity contribution in [3.63, 3.8) is 0 Å². The van der Waals surface area contributed by atoms with E-state index in [-0.39, 0.29) is 31.1 Å². The summed E-state index contributed by atoms with van der Waals surface area (Å²) < 4.78 is 0. The van der Waals surface area contributed by atoms with Crippen LogP contribution in [0.5, 0.6) is 0 Å². The average Bonchev–Trinajstić information content (AvgIpc) is 2.95. The number of carbonyl (C=O) groups is 6. The second-order valence-electron chi connectivity index (χ2n) is 12.1. The quantitative estimate of drug-likeness (QED) is 0.0825. The van der Waals surface area contributed by atoms with Gasteiger partial charge in [0.1, 0.15) is 24.2 Å². The molecule has 5 amide bonds. The summed E-state index contributed by atoms with van der Waals surface area (Å²) in [4.78, 5) is 76.2. The second kappa shape index (κ2) is 20.1. The normalized spacial score (nSPS) is 14.5. The van der Waals surface area contributed by atoms with Gasteiger partial charge in [0, 0.05) is 6.42 Å². The van der Waals surface area contributed by atoms with Crippen LogP contribution in [0, 0.1) is 11.8 Å². The summed E-state index contributed by atoms with van der Waals surface area (Å²) in [7, 11) is 0. The molecule has 0 spiro atoms. The molecule has 11 N–H and O–H groups in total. The van der Waals surface area contributed by atoms with E-state index < -0.39 is 72.1 Å². The molecule has 0 saturated carbocycles. The predicted molar refractivity (Wildman–Crippen MR) is 169 cm³/mol. The van der Waals surface area contributed by atoms with E-state index in [1.165, 1.54) is 0 Å². The van der Waals surface area contributed by atoms with Gasteiger partial charge in [-0.1, -0.05) is 58.0 Å². The van der Waals surface area contributed by atoms with Crippen LogP contribution in [0.15, 0.2) is 30.3 Å². The summed E-state index contributed by atoms with van der Waals surface area (Å²) in [5.41, 5.74) is 17.5. The van der Waals surface area contributed by atoms with Crippen LogP contribution < -0.4 is 38.5 Å². The largest absolute Gasteiger partial charge is 0.480 e. The minimum Gasteiger partial charge on any atom is -0.480 e. The minimum atomic E-state index is -1.58. The lowest BCUT2D eigenvalue weighted by molar-refractivity contribution is -0.143. The summed E-state index contributed by atoms with van der Waals surface area (Å²) in [6.07, 6.45) is 1.40. The maximum Gasteiger partial charge on any atom is 0.326 e. The van der Waals surface area contributed by atoms with Crippen LogP contribution in [0.4, 0.5) is 0 Å². The Morgan fingerprint density at radius 1 is 0.711 bits per heavy atom. The minimum absolute atomic E-state index is 0.0597. The molecule has 14 heteroatoms. The monoisotopic (exact) mass is 633 g/mol. The number of unbranched alkanes of at least 4 members (excludes halogenated alkanes) is 1. The van der Waals surface area contributed by atoms with Gasteiger partial charge in [0.05, 0.1) is 12.5 Å². The first-order valence-electron chi connectivity index (χ1n) is 15.4. The molecule has 0 aromatic heterocycles. The van der Waals surface area contributed by atoms with Crippen molar-refractivity contribution in [3.05, 3.63) is 35.9 Å². The third-order valence-electron chi connectivity index (χ3n) is 6.92. The van der Waals surface area contributed by atoms with Gasteiger partial charge in [-0.25, -0.2) is 4.79 Å². The van der Waals surface area contributed by atoms with Crippen molar-refractivity contribution in [2.24, 2.45) is 29.0 Å². The number of hydrogen-bond acceptors (Lipinski definition) is 8. The van der Waals surface area contributed by atoms with E-state index in [1.807, 2.05) is 27.7 Å². The highest BCUT2D eigenvalue weighted by Gasteiger charge is 2.32. The molecule has 0 fully saturated rings. The van der Waals surface area contributed by atoms with Gasteiger partial charge in [-0.2, -0.15) is 0 Å². The molecule has 0 aliphatic carbocycles. The van der Waals surface area contributed by atoms with Crippen LogP contribution >= 0.6 is 0 Å². The molecule has 1 rings (SSSR count). The third-order valence-corrected chi connectivity index (χ3v) is 6.92. The van der Waals surface area contributed by atoms with Crippen molar-refractivity contribution < 1.29 is 33.9 Å². The highest BCUT2D eigenvalue weighted by molar-refractivity contribution is 5.96. The van der Waals surface area contributed by atoms with Crippen LogP contribution in [-0.2, 0) is 35.2 Å². The lowest BCUT2D eigenvalue weighted by Crippen LogP contribution is -2.59. The van der Waals surface area contributed by atoms with Crippen LogP contribution in [0.2, 0.25) is 0 Å². The molecule has 0 aliphatic rings. The van der Waals surface area contributed by atoms with E-state index in [9.17, 15) is 33.9 Å². The Kier molecular flexibility index (Phi) is 17.4. The zero-order valence-corrected chi connectivity index (χ0v) is 26.7. The first-order valence-corrected chi connectivity index (χ1v) is 15.4. The standard InChI is InChI=1S/C31H51N7O7/c1-18(2)14-21(33)27(40)35-22(12-8-9-13-32)28(41)37-24(16-20-10-6-5-7-11-20)30(43)36-23(15-19(3)4)29(42)38-25(31(44)45)17-26(34)39/h5-7,10-11,18-19,21-25H,8-9,12-17,32-33H2,1-4H3,(H2,34,39)(H,35,40)(H,36,43)(H,37,41)(H,38,42)(H,44,45)/t21-,22-,23-,24-,25-/m0/s1. The van der Waals surface area contributed by atoms with Gasteiger partial charge in [-0.15, -0.1) is 0 Å². The molecule has 0 aliphatic heterocycles. The highest BCUT2D eigenvalue weighted by Crippen LogP contribution is 2.11. The van der Waals surface area contributed by atoms with Crippen LogP contribution in [0.1, 0.15) is 71.8 Å². The van der Waals surface area contributed by atoms with Crippen molar-refractivity contribution in [1.29, 1.82) is 0 Å². The Hall–Kier alpha value is -4.04. The van der Waals surface area contributed by atoms with Crippen molar-refractivity contribution >= 4 is 35.5 Å². The van der Waals surface area contributed by atoms with Crippen molar-refractivity contribution in [2.75, 3.05) is 6.54 Å². The number of hydrogen-bond donors (Lipinski definition) is 8. The topological polar surface area (TPSA) is 249 Å². The predicted octanol–water partition coefficient (Wildman–Crippen LogP) is -0.323. The molecule has 5 atom stereocenters. The number of rotatable bonds is 21. The number of nitrogens with one attached hydrogen (secondary N) is 4. The number of nitrogens with two attached hydrogens (primary N) is 3. The molecule has 14 nitrogen and oxygen atoms in total. The van der Waals surface area contributed by atoms with Gasteiger partial charge < -0.3 is 43.6 Å². The SMILES string of the molecule is CC(C)C[C@H](NC(=O)[C@H](Cc1ccccc1)NC(=O)[C@H](CCCCN)NC(=O)[C@@H](N)CC(C)C)C(=O)N[C@@H](CC(N)=O)C(=O)O. The van der Waals surface area contributed by atoms with E-state index in [4.69, 9.17) is 17.2 Å². The fraction of sp³-hybridized carbons (Fsp3) is 0.613. The van der Waals surface area contributed by atoms with Crippen LogP contribution in [0.25, 0.3) is 0 Å². The van der Waals surface area contributed by atoms with E-state index in [0.29, 0.717) is 25.8 Å². The van der Waals surface area contributed by atoms with Crippen LogP contribution in [0.3, 0.4) is 0 Å². The van der Waals surface area contributed by atoms with Gasteiger partial charge in [0.15, 0.2) is 0 Å². The molecule has 45 heavy (non-hydrogen) atoms. The molecular weight excluding hydrogens is 582 g/mol. The maximum atomic E-state index is 13.7. The van der Waals surface area contributed by atoms with Crippen molar-refractivity contribution in [1.82, 2.24) is 21.3 Å².